The Morgan fingerprint density at radius 1 is 1.28 bits per heavy atom. The van der Waals surface area contributed by atoms with Crippen molar-refractivity contribution < 1.29 is 9.21 Å². The topological polar surface area (TPSA) is 62.5 Å². The maximum absolute atomic E-state index is 12.1. The molecule has 0 radical (unpaired) electrons. The fraction of sp³-hybridized carbons (Fsp3) is 0.750. The third-order valence-electron chi connectivity index (χ3n) is 3.22. The minimum absolute atomic E-state index is 0.114. The van der Waals surface area contributed by atoms with Crippen LogP contribution in [0.1, 0.15) is 43.3 Å². The molecule has 0 spiro atoms. The van der Waals surface area contributed by atoms with Gasteiger partial charge in [-0.2, -0.15) is 0 Å². The Labute approximate surface area is 107 Å². The molecule has 0 aromatic carbocycles. The number of likely N-dealkylation sites (N-methyl/N-ethyl adjacent to an activating group) is 1. The highest BCUT2D eigenvalue weighted by molar-refractivity contribution is 5.89. The summed E-state index contributed by atoms with van der Waals surface area (Å²) >= 11 is 0. The molecule has 6 nitrogen and oxygen atoms in total. The smallest absolute Gasteiger partial charge is 0.311 e. The van der Waals surface area contributed by atoms with Gasteiger partial charge in [0.05, 0.1) is 0 Å². The number of piperazine rings is 1. The molecule has 1 saturated heterocycles. The van der Waals surface area contributed by atoms with E-state index in [-0.39, 0.29) is 17.7 Å². The molecule has 2 rings (SSSR count). The molecule has 1 aromatic rings. The molecule has 0 saturated carbocycles. The van der Waals surface area contributed by atoms with Gasteiger partial charge in [-0.1, -0.05) is 20.8 Å². The third-order valence-corrected chi connectivity index (χ3v) is 3.22. The predicted molar refractivity (Wildman–Crippen MR) is 66.4 cm³/mol. The highest BCUT2D eigenvalue weighted by atomic mass is 16.4. The first-order valence-electron chi connectivity index (χ1n) is 6.46. The van der Waals surface area contributed by atoms with Crippen molar-refractivity contribution in [2.75, 3.05) is 32.7 Å². The van der Waals surface area contributed by atoms with Crippen LogP contribution in [0.15, 0.2) is 4.42 Å². The van der Waals surface area contributed by atoms with Gasteiger partial charge in [0, 0.05) is 32.1 Å². The molecule has 2 heterocycles. The zero-order valence-corrected chi connectivity index (χ0v) is 11.2. The van der Waals surface area contributed by atoms with E-state index < -0.39 is 0 Å². The lowest BCUT2D eigenvalue weighted by atomic mass is 10.2. The minimum Gasteiger partial charge on any atom is -0.417 e. The Morgan fingerprint density at radius 2 is 1.94 bits per heavy atom. The summed E-state index contributed by atoms with van der Waals surface area (Å²) in [5, 5.41) is 7.72. The fourth-order valence-electron chi connectivity index (χ4n) is 1.96. The lowest BCUT2D eigenvalue weighted by Gasteiger charge is -2.33. The molecular formula is C12H20N4O2. The Morgan fingerprint density at radius 3 is 2.44 bits per heavy atom. The second-order valence-electron chi connectivity index (χ2n) is 4.83. The number of carbonyl (C=O) groups excluding carboxylic acids is 1. The van der Waals surface area contributed by atoms with Gasteiger partial charge in [-0.15, -0.1) is 10.2 Å². The molecule has 1 amide bonds. The second kappa shape index (κ2) is 5.48. The molecule has 1 aliphatic heterocycles. The number of rotatable bonds is 3. The first kappa shape index (κ1) is 13.0. The Balaban J connectivity index is 1.98. The SMILES string of the molecule is CCN1CCN(C(=O)c2nnc(C(C)C)o2)CC1. The lowest BCUT2D eigenvalue weighted by molar-refractivity contribution is 0.0602. The molecule has 1 aliphatic rings. The fourth-order valence-corrected chi connectivity index (χ4v) is 1.96. The molecule has 100 valence electrons. The summed E-state index contributed by atoms with van der Waals surface area (Å²) in [5.41, 5.74) is 0. The molecule has 1 fully saturated rings. The molecule has 0 atom stereocenters. The molecule has 0 unspecified atom stereocenters. The van der Waals surface area contributed by atoms with Crippen molar-refractivity contribution >= 4 is 5.91 Å². The number of aromatic nitrogens is 2. The molecule has 0 N–H and O–H groups in total. The van der Waals surface area contributed by atoms with Gasteiger partial charge in [0.15, 0.2) is 0 Å². The van der Waals surface area contributed by atoms with E-state index in [0.717, 1.165) is 32.7 Å². The first-order chi connectivity index (χ1) is 8.61. The quantitative estimate of drug-likeness (QED) is 0.802. The summed E-state index contributed by atoms with van der Waals surface area (Å²) in [5.74, 6) is 0.635. The predicted octanol–water partition coefficient (Wildman–Crippen LogP) is 0.971. The van der Waals surface area contributed by atoms with Crippen LogP contribution >= 0.6 is 0 Å². The van der Waals surface area contributed by atoms with Crippen LogP contribution in [0, 0.1) is 0 Å². The van der Waals surface area contributed by atoms with Crippen LogP contribution in [-0.4, -0.2) is 58.6 Å². The number of carbonyl (C=O) groups is 1. The summed E-state index contributed by atoms with van der Waals surface area (Å²) in [6.07, 6.45) is 0. The standard InChI is InChI=1S/C12H20N4O2/c1-4-15-5-7-16(8-6-15)12(17)11-14-13-10(18-11)9(2)3/h9H,4-8H2,1-3H3. The largest absolute Gasteiger partial charge is 0.417 e. The molecule has 0 bridgehead atoms. The van der Waals surface area contributed by atoms with Gasteiger partial charge >= 0.3 is 11.8 Å². The van der Waals surface area contributed by atoms with Gasteiger partial charge < -0.3 is 14.2 Å². The zero-order valence-electron chi connectivity index (χ0n) is 11.2. The van der Waals surface area contributed by atoms with E-state index >= 15 is 0 Å². The molecular weight excluding hydrogens is 232 g/mol. The number of amides is 1. The van der Waals surface area contributed by atoms with E-state index in [9.17, 15) is 4.79 Å². The van der Waals surface area contributed by atoms with E-state index in [4.69, 9.17) is 4.42 Å². The van der Waals surface area contributed by atoms with Gasteiger partial charge in [0.2, 0.25) is 5.89 Å². The van der Waals surface area contributed by atoms with Gasteiger partial charge in [-0.05, 0) is 6.54 Å². The normalized spacial score (nSPS) is 17.4. The number of hydrogen-bond donors (Lipinski definition) is 0. The van der Waals surface area contributed by atoms with Crippen LogP contribution < -0.4 is 0 Å². The maximum atomic E-state index is 12.1. The van der Waals surface area contributed by atoms with Crippen molar-refractivity contribution in [1.82, 2.24) is 20.0 Å². The lowest BCUT2D eigenvalue weighted by Crippen LogP contribution is -2.48. The molecule has 18 heavy (non-hydrogen) atoms. The molecule has 6 heteroatoms. The van der Waals surface area contributed by atoms with Crippen molar-refractivity contribution in [2.45, 2.75) is 26.7 Å². The Kier molecular flexibility index (Phi) is 3.96. The van der Waals surface area contributed by atoms with E-state index in [1.165, 1.54) is 0 Å². The Bertz CT molecular complexity index is 408. The monoisotopic (exact) mass is 252 g/mol. The maximum Gasteiger partial charge on any atom is 0.311 e. The number of nitrogens with zero attached hydrogens (tertiary/aromatic N) is 4. The van der Waals surface area contributed by atoms with Crippen LogP contribution in [0.2, 0.25) is 0 Å². The minimum atomic E-state index is -0.148. The van der Waals surface area contributed by atoms with Crippen LogP contribution in [-0.2, 0) is 0 Å². The average molecular weight is 252 g/mol. The van der Waals surface area contributed by atoms with E-state index in [2.05, 4.69) is 22.0 Å². The summed E-state index contributed by atoms with van der Waals surface area (Å²) < 4.78 is 5.39. The van der Waals surface area contributed by atoms with Gasteiger partial charge in [0.25, 0.3) is 0 Å². The third kappa shape index (κ3) is 2.69. The summed E-state index contributed by atoms with van der Waals surface area (Å²) in [4.78, 5) is 16.2. The summed E-state index contributed by atoms with van der Waals surface area (Å²) in [6.45, 7) is 10.4. The molecule has 1 aromatic heterocycles. The van der Waals surface area contributed by atoms with Crippen molar-refractivity contribution in [3.8, 4) is 0 Å². The summed E-state index contributed by atoms with van der Waals surface area (Å²) in [6, 6.07) is 0. The van der Waals surface area contributed by atoms with Crippen molar-refractivity contribution in [2.24, 2.45) is 0 Å². The van der Waals surface area contributed by atoms with E-state index in [1.54, 1.807) is 4.90 Å². The Hall–Kier alpha value is -1.43. The van der Waals surface area contributed by atoms with Gasteiger partial charge in [0.1, 0.15) is 0 Å². The van der Waals surface area contributed by atoms with Crippen LogP contribution in [0.5, 0.6) is 0 Å². The summed E-state index contributed by atoms with van der Waals surface area (Å²) in [7, 11) is 0. The number of hydrogen-bond acceptors (Lipinski definition) is 5. The van der Waals surface area contributed by atoms with E-state index in [1.807, 2.05) is 13.8 Å². The van der Waals surface area contributed by atoms with Crippen molar-refractivity contribution in [1.29, 1.82) is 0 Å². The van der Waals surface area contributed by atoms with Crippen molar-refractivity contribution in [3.05, 3.63) is 11.8 Å². The van der Waals surface area contributed by atoms with E-state index in [0.29, 0.717) is 5.89 Å². The average Bonchev–Trinajstić information content (AvgIpc) is 2.88. The second-order valence-corrected chi connectivity index (χ2v) is 4.83. The van der Waals surface area contributed by atoms with Gasteiger partial charge in [-0.25, -0.2) is 0 Å². The van der Waals surface area contributed by atoms with Gasteiger partial charge in [-0.3, -0.25) is 4.79 Å². The molecule has 0 aliphatic carbocycles. The first-order valence-corrected chi connectivity index (χ1v) is 6.46. The van der Waals surface area contributed by atoms with Crippen LogP contribution in [0.25, 0.3) is 0 Å². The zero-order chi connectivity index (χ0) is 13.1. The van der Waals surface area contributed by atoms with Crippen LogP contribution in [0.3, 0.4) is 0 Å². The van der Waals surface area contributed by atoms with Crippen molar-refractivity contribution in [3.63, 3.8) is 0 Å². The van der Waals surface area contributed by atoms with Crippen LogP contribution in [0.4, 0.5) is 0 Å². The highest BCUT2D eigenvalue weighted by Gasteiger charge is 2.25. The highest BCUT2D eigenvalue weighted by Crippen LogP contribution is 2.14.